The summed E-state index contributed by atoms with van der Waals surface area (Å²) in [5.74, 6) is -0.235. The van der Waals surface area contributed by atoms with Crippen molar-refractivity contribution in [2.75, 3.05) is 13.1 Å². The fourth-order valence-corrected chi connectivity index (χ4v) is 2.74. The van der Waals surface area contributed by atoms with Crippen molar-refractivity contribution in [3.05, 3.63) is 33.2 Å². The SMILES string of the molecule is Cc1cc(C)c(C(=O)N2CCCC(C)(O)CC2)c(=O)[nH]1. The molecule has 1 fully saturated rings. The fourth-order valence-electron chi connectivity index (χ4n) is 2.74. The van der Waals surface area contributed by atoms with E-state index < -0.39 is 5.60 Å². The number of aliphatic hydroxyl groups is 1. The lowest BCUT2D eigenvalue weighted by molar-refractivity contribution is 0.0437. The van der Waals surface area contributed by atoms with Crippen molar-refractivity contribution in [2.45, 2.75) is 45.6 Å². The van der Waals surface area contributed by atoms with Crippen LogP contribution in [0.2, 0.25) is 0 Å². The average molecular weight is 278 g/mol. The van der Waals surface area contributed by atoms with Gasteiger partial charge in [0.2, 0.25) is 0 Å². The van der Waals surface area contributed by atoms with Crippen molar-refractivity contribution in [2.24, 2.45) is 0 Å². The zero-order chi connectivity index (χ0) is 14.9. The second kappa shape index (κ2) is 5.40. The molecule has 1 amide bonds. The Morgan fingerprint density at radius 1 is 1.35 bits per heavy atom. The molecule has 1 unspecified atom stereocenters. The monoisotopic (exact) mass is 278 g/mol. The number of aryl methyl sites for hydroxylation is 2. The highest BCUT2D eigenvalue weighted by Gasteiger charge is 2.28. The molecule has 20 heavy (non-hydrogen) atoms. The van der Waals surface area contributed by atoms with Gasteiger partial charge in [-0.15, -0.1) is 0 Å². The Labute approximate surface area is 118 Å². The molecule has 1 saturated heterocycles. The summed E-state index contributed by atoms with van der Waals surface area (Å²) >= 11 is 0. The third-order valence-corrected chi connectivity index (χ3v) is 3.93. The van der Waals surface area contributed by atoms with Gasteiger partial charge in [-0.2, -0.15) is 0 Å². The van der Waals surface area contributed by atoms with E-state index in [1.54, 1.807) is 25.7 Å². The first-order valence-corrected chi connectivity index (χ1v) is 7.02. The van der Waals surface area contributed by atoms with Crippen LogP contribution in [0.15, 0.2) is 10.9 Å². The number of nitrogens with zero attached hydrogens (tertiary/aromatic N) is 1. The van der Waals surface area contributed by atoms with Crippen molar-refractivity contribution in [3.8, 4) is 0 Å². The van der Waals surface area contributed by atoms with Gasteiger partial charge in [0.05, 0.1) is 5.60 Å². The number of aromatic amines is 1. The molecule has 5 nitrogen and oxygen atoms in total. The van der Waals surface area contributed by atoms with Gasteiger partial charge in [-0.05, 0) is 51.7 Å². The van der Waals surface area contributed by atoms with Gasteiger partial charge in [0, 0.05) is 18.8 Å². The Morgan fingerprint density at radius 3 is 2.70 bits per heavy atom. The van der Waals surface area contributed by atoms with Gasteiger partial charge < -0.3 is 15.0 Å². The van der Waals surface area contributed by atoms with E-state index >= 15 is 0 Å². The minimum Gasteiger partial charge on any atom is -0.390 e. The normalized spacial score (nSPS) is 23.5. The van der Waals surface area contributed by atoms with Gasteiger partial charge in [-0.3, -0.25) is 9.59 Å². The molecule has 0 radical (unpaired) electrons. The number of H-pyrrole nitrogens is 1. The Kier molecular flexibility index (Phi) is 3.99. The van der Waals surface area contributed by atoms with Crippen LogP contribution >= 0.6 is 0 Å². The second-order valence-electron chi connectivity index (χ2n) is 5.98. The summed E-state index contributed by atoms with van der Waals surface area (Å²) in [7, 11) is 0. The third-order valence-electron chi connectivity index (χ3n) is 3.93. The average Bonchev–Trinajstić information content (AvgIpc) is 2.48. The molecule has 0 spiro atoms. The number of pyridine rings is 1. The quantitative estimate of drug-likeness (QED) is 0.815. The molecule has 1 aliphatic heterocycles. The van der Waals surface area contributed by atoms with E-state index in [4.69, 9.17) is 0 Å². The summed E-state index contributed by atoms with van der Waals surface area (Å²) in [4.78, 5) is 28.9. The van der Waals surface area contributed by atoms with Crippen LogP contribution in [0.3, 0.4) is 0 Å². The molecule has 5 heteroatoms. The Bertz CT molecular complexity index is 575. The number of likely N-dealkylation sites (tertiary alicyclic amines) is 1. The molecule has 1 aromatic rings. The molecule has 0 bridgehead atoms. The largest absolute Gasteiger partial charge is 0.390 e. The van der Waals surface area contributed by atoms with Crippen molar-refractivity contribution in [3.63, 3.8) is 0 Å². The van der Waals surface area contributed by atoms with Crippen LogP contribution in [0.1, 0.15) is 47.8 Å². The Hall–Kier alpha value is -1.62. The minimum atomic E-state index is -0.718. The van der Waals surface area contributed by atoms with E-state index in [1.165, 1.54) is 0 Å². The molecule has 2 heterocycles. The molecule has 0 saturated carbocycles. The molecule has 110 valence electrons. The fraction of sp³-hybridized carbons (Fsp3) is 0.600. The zero-order valence-electron chi connectivity index (χ0n) is 12.3. The number of hydrogen-bond donors (Lipinski definition) is 2. The van der Waals surface area contributed by atoms with Crippen LogP contribution in [-0.2, 0) is 0 Å². The predicted molar refractivity (Wildman–Crippen MR) is 76.9 cm³/mol. The number of nitrogens with one attached hydrogen (secondary N) is 1. The van der Waals surface area contributed by atoms with Crippen LogP contribution in [0.5, 0.6) is 0 Å². The minimum absolute atomic E-state index is 0.220. The lowest BCUT2D eigenvalue weighted by atomic mass is 9.98. The van der Waals surface area contributed by atoms with E-state index in [9.17, 15) is 14.7 Å². The first kappa shape index (κ1) is 14.8. The van der Waals surface area contributed by atoms with E-state index in [1.807, 2.05) is 6.07 Å². The number of aromatic nitrogens is 1. The summed E-state index contributed by atoms with van der Waals surface area (Å²) in [5.41, 5.74) is 0.625. The van der Waals surface area contributed by atoms with Crippen LogP contribution in [-0.4, -0.2) is 39.6 Å². The third kappa shape index (κ3) is 3.10. The summed E-state index contributed by atoms with van der Waals surface area (Å²) in [6.45, 7) is 6.44. The van der Waals surface area contributed by atoms with Gasteiger partial charge in [-0.1, -0.05) is 0 Å². The molecule has 0 aliphatic carbocycles. The molecule has 1 aliphatic rings. The molecule has 0 aromatic carbocycles. The highest BCUT2D eigenvalue weighted by molar-refractivity contribution is 5.95. The maximum atomic E-state index is 12.5. The number of amides is 1. The van der Waals surface area contributed by atoms with Crippen molar-refractivity contribution in [1.29, 1.82) is 0 Å². The predicted octanol–water partition coefficient (Wildman–Crippen LogP) is 1.37. The number of hydrogen-bond acceptors (Lipinski definition) is 3. The van der Waals surface area contributed by atoms with Crippen molar-refractivity contribution >= 4 is 5.91 Å². The topological polar surface area (TPSA) is 73.4 Å². The smallest absolute Gasteiger partial charge is 0.261 e. The first-order chi connectivity index (χ1) is 9.30. The van der Waals surface area contributed by atoms with Crippen molar-refractivity contribution in [1.82, 2.24) is 9.88 Å². The van der Waals surface area contributed by atoms with Gasteiger partial charge >= 0.3 is 0 Å². The maximum absolute atomic E-state index is 12.5. The molecule has 1 atom stereocenters. The second-order valence-corrected chi connectivity index (χ2v) is 5.98. The van der Waals surface area contributed by atoms with Crippen LogP contribution < -0.4 is 5.56 Å². The summed E-state index contributed by atoms with van der Waals surface area (Å²) < 4.78 is 0. The lowest BCUT2D eigenvalue weighted by Gasteiger charge is -2.23. The highest BCUT2D eigenvalue weighted by atomic mass is 16.3. The van der Waals surface area contributed by atoms with Crippen LogP contribution in [0.4, 0.5) is 0 Å². The molecule has 1 aromatic heterocycles. The first-order valence-electron chi connectivity index (χ1n) is 7.02. The summed E-state index contributed by atoms with van der Waals surface area (Å²) in [6.07, 6.45) is 1.98. The van der Waals surface area contributed by atoms with Gasteiger partial charge in [0.15, 0.2) is 0 Å². The highest BCUT2D eigenvalue weighted by Crippen LogP contribution is 2.22. The molecular formula is C15H22N2O3. The maximum Gasteiger partial charge on any atom is 0.261 e. The Morgan fingerprint density at radius 2 is 2.05 bits per heavy atom. The molecular weight excluding hydrogens is 256 g/mol. The lowest BCUT2D eigenvalue weighted by Crippen LogP contribution is -2.37. The summed E-state index contributed by atoms with van der Waals surface area (Å²) in [5, 5.41) is 10.1. The molecule has 2 rings (SSSR count). The zero-order valence-corrected chi connectivity index (χ0v) is 12.3. The number of carbonyl (C=O) groups is 1. The van der Waals surface area contributed by atoms with E-state index in [0.29, 0.717) is 31.5 Å². The van der Waals surface area contributed by atoms with Gasteiger partial charge in [-0.25, -0.2) is 0 Å². The number of carbonyl (C=O) groups excluding carboxylic acids is 1. The van der Waals surface area contributed by atoms with E-state index in [-0.39, 0.29) is 17.0 Å². The van der Waals surface area contributed by atoms with Gasteiger partial charge in [0.25, 0.3) is 11.5 Å². The van der Waals surface area contributed by atoms with Gasteiger partial charge in [0.1, 0.15) is 5.56 Å². The van der Waals surface area contributed by atoms with Crippen LogP contribution in [0, 0.1) is 13.8 Å². The molecule has 2 N–H and O–H groups in total. The van der Waals surface area contributed by atoms with Crippen molar-refractivity contribution < 1.29 is 9.90 Å². The number of rotatable bonds is 1. The van der Waals surface area contributed by atoms with E-state index in [0.717, 1.165) is 12.1 Å². The van der Waals surface area contributed by atoms with Crippen LogP contribution in [0.25, 0.3) is 0 Å². The van der Waals surface area contributed by atoms with E-state index in [2.05, 4.69) is 4.98 Å². The summed E-state index contributed by atoms with van der Waals surface area (Å²) in [6, 6.07) is 1.81. The Balaban J connectivity index is 2.26. The standard InChI is InChI=1S/C15H22N2O3/c1-10-9-11(2)16-13(18)12(10)14(19)17-7-4-5-15(3,20)6-8-17/h9,20H,4-8H2,1-3H3,(H,16,18).